The Morgan fingerprint density at radius 1 is 0.886 bits per heavy atom. The van der Waals surface area contributed by atoms with Crippen molar-refractivity contribution in [2.24, 2.45) is 0 Å². The summed E-state index contributed by atoms with van der Waals surface area (Å²) in [6.45, 7) is 3.96. The highest BCUT2D eigenvalue weighted by atomic mass is 19.4. The van der Waals surface area contributed by atoms with Gasteiger partial charge in [0.1, 0.15) is 5.75 Å². The van der Waals surface area contributed by atoms with Gasteiger partial charge in [0.05, 0.1) is 18.2 Å². The van der Waals surface area contributed by atoms with Crippen LogP contribution < -0.4 is 20.7 Å². The van der Waals surface area contributed by atoms with Crippen molar-refractivity contribution in [2.75, 3.05) is 22.5 Å². The maximum atomic E-state index is 12.9. The van der Waals surface area contributed by atoms with Crippen molar-refractivity contribution in [3.63, 3.8) is 0 Å². The van der Waals surface area contributed by atoms with Gasteiger partial charge < -0.3 is 20.7 Å². The Labute approximate surface area is 201 Å². The molecular weight excluding hydrogens is 459 g/mol. The number of amides is 2. The maximum Gasteiger partial charge on any atom is 0.416 e. The second-order valence-electron chi connectivity index (χ2n) is 7.88. The minimum Gasteiger partial charge on any atom is -0.491 e. The number of rotatable bonds is 9. The predicted molar refractivity (Wildman–Crippen MR) is 130 cm³/mol. The highest BCUT2D eigenvalue weighted by Crippen LogP contribution is 2.30. The molecule has 1 unspecified atom stereocenters. The Balaban J connectivity index is 1.54. The van der Waals surface area contributed by atoms with Gasteiger partial charge in [0.25, 0.3) is 5.91 Å². The molecule has 184 valence electrons. The van der Waals surface area contributed by atoms with Gasteiger partial charge >= 0.3 is 6.18 Å². The van der Waals surface area contributed by atoms with Crippen LogP contribution in [0.3, 0.4) is 0 Å². The van der Waals surface area contributed by atoms with Crippen molar-refractivity contribution in [1.29, 1.82) is 0 Å². The molecule has 0 saturated heterocycles. The maximum absolute atomic E-state index is 12.9. The fraction of sp³-hybridized carbons (Fsp3) is 0.231. The normalized spacial score (nSPS) is 11.9. The van der Waals surface area contributed by atoms with Gasteiger partial charge in [-0.15, -0.1) is 0 Å². The summed E-state index contributed by atoms with van der Waals surface area (Å²) in [7, 11) is 0. The Bertz CT molecular complexity index is 1160. The number of halogens is 3. The van der Waals surface area contributed by atoms with Gasteiger partial charge in [0.2, 0.25) is 5.91 Å². The molecule has 3 aromatic carbocycles. The van der Waals surface area contributed by atoms with Crippen molar-refractivity contribution in [3.8, 4) is 5.75 Å². The first-order valence-electron chi connectivity index (χ1n) is 11.0. The number of anilines is 3. The van der Waals surface area contributed by atoms with Crippen molar-refractivity contribution in [2.45, 2.75) is 32.5 Å². The van der Waals surface area contributed by atoms with Crippen LogP contribution in [0.25, 0.3) is 0 Å². The van der Waals surface area contributed by atoms with E-state index in [1.165, 1.54) is 24.3 Å². The molecular formula is C26H26F3N3O3. The zero-order chi connectivity index (χ0) is 25.4. The number of nitrogens with one attached hydrogen (secondary N) is 3. The van der Waals surface area contributed by atoms with Crippen LogP contribution in [0.2, 0.25) is 0 Å². The lowest BCUT2D eigenvalue weighted by atomic mass is 10.1. The van der Waals surface area contributed by atoms with E-state index in [1.807, 2.05) is 13.8 Å². The first kappa shape index (κ1) is 25.6. The number of hydrogen-bond donors (Lipinski definition) is 3. The average Bonchev–Trinajstić information content (AvgIpc) is 2.83. The SMILES string of the molecule is CCC(C)Oc1ccc(NC(=O)CNc2cccc(C(=O)Nc3cccc(C(F)(F)F)c3)c2)cc1. The predicted octanol–water partition coefficient (Wildman–Crippen LogP) is 6.19. The number of carbonyl (C=O) groups is 2. The first-order chi connectivity index (χ1) is 16.6. The highest BCUT2D eigenvalue weighted by Gasteiger charge is 2.30. The van der Waals surface area contributed by atoms with Gasteiger partial charge in [-0.2, -0.15) is 13.2 Å². The molecule has 0 heterocycles. The molecule has 3 aromatic rings. The van der Waals surface area contributed by atoms with Crippen LogP contribution in [0, 0.1) is 0 Å². The van der Waals surface area contributed by atoms with E-state index in [0.29, 0.717) is 11.4 Å². The molecule has 0 fully saturated rings. The Kier molecular flexibility index (Phi) is 8.35. The van der Waals surface area contributed by atoms with E-state index in [0.717, 1.165) is 24.3 Å². The van der Waals surface area contributed by atoms with Crippen molar-refractivity contribution < 1.29 is 27.5 Å². The van der Waals surface area contributed by atoms with Gasteiger partial charge in [0, 0.05) is 22.6 Å². The molecule has 0 aliphatic heterocycles. The summed E-state index contributed by atoms with van der Waals surface area (Å²) in [4.78, 5) is 24.8. The molecule has 0 spiro atoms. The molecule has 35 heavy (non-hydrogen) atoms. The lowest BCUT2D eigenvalue weighted by Crippen LogP contribution is -2.22. The number of ether oxygens (including phenoxy) is 1. The largest absolute Gasteiger partial charge is 0.491 e. The standard InChI is InChI=1S/C26H26F3N3O3/c1-3-17(2)35-23-12-10-20(11-13-23)31-24(33)16-30-21-8-4-6-18(14-21)25(34)32-22-9-5-7-19(15-22)26(27,28)29/h4-15,17,30H,3,16H2,1-2H3,(H,31,33)(H,32,34). The molecule has 0 radical (unpaired) electrons. The molecule has 3 N–H and O–H groups in total. The number of benzene rings is 3. The molecule has 3 rings (SSSR count). The summed E-state index contributed by atoms with van der Waals surface area (Å²) in [6.07, 6.45) is -3.52. The van der Waals surface area contributed by atoms with E-state index in [2.05, 4.69) is 16.0 Å². The lowest BCUT2D eigenvalue weighted by Gasteiger charge is -2.13. The molecule has 0 bridgehead atoms. The van der Waals surface area contributed by atoms with Crippen molar-refractivity contribution >= 4 is 28.9 Å². The summed E-state index contributed by atoms with van der Waals surface area (Å²) in [5, 5.41) is 8.16. The van der Waals surface area contributed by atoms with Gasteiger partial charge in [-0.3, -0.25) is 9.59 Å². The summed E-state index contributed by atoms with van der Waals surface area (Å²) in [5.41, 5.74) is 0.527. The highest BCUT2D eigenvalue weighted by molar-refractivity contribution is 6.05. The third-order valence-electron chi connectivity index (χ3n) is 5.08. The number of alkyl halides is 3. The molecule has 9 heteroatoms. The van der Waals surface area contributed by atoms with Crippen LogP contribution in [0.4, 0.5) is 30.2 Å². The summed E-state index contributed by atoms with van der Waals surface area (Å²) >= 11 is 0. The number of hydrogen-bond acceptors (Lipinski definition) is 4. The monoisotopic (exact) mass is 485 g/mol. The Morgan fingerprint density at radius 2 is 1.57 bits per heavy atom. The van der Waals surface area contributed by atoms with E-state index in [9.17, 15) is 22.8 Å². The quantitative estimate of drug-likeness (QED) is 0.338. The lowest BCUT2D eigenvalue weighted by molar-refractivity contribution is -0.137. The van der Waals surface area contributed by atoms with E-state index in [1.54, 1.807) is 36.4 Å². The van der Waals surface area contributed by atoms with Crippen molar-refractivity contribution in [3.05, 3.63) is 83.9 Å². The average molecular weight is 486 g/mol. The summed E-state index contributed by atoms with van der Waals surface area (Å²) in [6, 6.07) is 17.8. The Morgan fingerprint density at radius 3 is 2.26 bits per heavy atom. The Hall–Kier alpha value is -4.01. The second kappa shape index (κ2) is 11.4. The third kappa shape index (κ3) is 7.77. The molecule has 0 aliphatic carbocycles. The van der Waals surface area contributed by atoms with Crippen molar-refractivity contribution in [1.82, 2.24) is 0 Å². The minimum atomic E-state index is -4.51. The second-order valence-corrected chi connectivity index (χ2v) is 7.88. The van der Waals surface area contributed by atoms with Crippen LogP contribution in [-0.4, -0.2) is 24.5 Å². The van der Waals surface area contributed by atoms with E-state index in [4.69, 9.17) is 4.74 Å². The van der Waals surface area contributed by atoms with Gasteiger partial charge in [-0.1, -0.05) is 19.1 Å². The topological polar surface area (TPSA) is 79.5 Å². The minimum absolute atomic E-state index is 0.0307. The fourth-order valence-electron chi connectivity index (χ4n) is 3.07. The molecule has 0 saturated carbocycles. The van der Waals surface area contributed by atoms with Crippen LogP contribution in [0.5, 0.6) is 5.75 Å². The number of carbonyl (C=O) groups excluding carboxylic acids is 2. The van der Waals surface area contributed by atoms with Crippen LogP contribution >= 0.6 is 0 Å². The summed E-state index contributed by atoms with van der Waals surface area (Å²) < 4.78 is 44.4. The van der Waals surface area contributed by atoms with Crippen LogP contribution in [0.1, 0.15) is 36.2 Å². The van der Waals surface area contributed by atoms with Gasteiger partial charge in [-0.25, -0.2) is 0 Å². The zero-order valence-electron chi connectivity index (χ0n) is 19.3. The van der Waals surface area contributed by atoms with Crippen LogP contribution in [-0.2, 0) is 11.0 Å². The molecule has 2 amide bonds. The molecule has 1 atom stereocenters. The molecule has 0 aliphatic rings. The molecule has 6 nitrogen and oxygen atoms in total. The fourth-order valence-corrected chi connectivity index (χ4v) is 3.07. The first-order valence-corrected chi connectivity index (χ1v) is 11.0. The smallest absolute Gasteiger partial charge is 0.416 e. The van der Waals surface area contributed by atoms with Gasteiger partial charge in [0.15, 0.2) is 0 Å². The van der Waals surface area contributed by atoms with E-state index >= 15 is 0 Å². The van der Waals surface area contributed by atoms with E-state index < -0.39 is 17.6 Å². The summed E-state index contributed by atoms with van der Waals surface area (Å²) in [5.74, 6) is -0.146. The van der Waals surface area contributed by atoms with Crippen LogP contribution in [0.15, 0.2) is 72.8 Å². The van der Waals surface area contributed by atoms with Gasteiger partial charge in [-0.05, 0) is 74.0 Å². The van der Waals surface area contributed by atoms with E-state index in [-0.39, 0.29) is 29.8 Å². The zero-order valence-corrected chi connectivity index (χ0v) is 19.3. The third-order valence-corrected chi connectivity index (χ3v) is 5.08. The molecule has 0 aromatic heterocycles.